The first-order valence-electron chi connectivity index (χ1n) is 6.17. The third-order valence-corrected chi connectivity index (χ3v) is 4.23. The molecule has 0 aliphatic rings. The third-order valence-electron chi connectivity index (χ3n) is 2.65. The number of aliphatic carboxylic acids is 1. The summed E-state index contributed by atoms with van der Waals surface area (Å²) in [6.45, 7) is 0. The predicted octanol–water partition coefficient (Wildman–Crippen LogP) is 2.39. The normalized spacial score (nSPS) is 12.1. The molecule has 0 aromatic carbocycles. The molecule has 0 aliphatic heterocycles. The number of aryl methyl sites for hydroxylation is 1. The van der Waals surface area contributed by atoms with Crippen LogP contribution in [0.5, 0.6) is 0 Å². The minimum absolute atomic E-state index is 0.176. The van der Waals surface area contributed by atoms with Crippen LogP contribution in [0.4, 0.5) is 0 Å². The Kier molecular flexibility index (Phi) is 7.59. The molecule has 1 rings (SSSR count). The number of amides is 1. The molecule has 1 aromatic heterocycles. The molecule has 4 nitrogen and oxygen atoms in total. The molecule has 1 amide bonds. The van der Waals surface area contributed by atoms with Gasteiger partial charge in [-0.3, -0.25) is 4.79 Å². The average molecular weight is 301 g/mol. The Morgan fingerprint density at radius 2 is 2.32 bits per heavy atom. The van der Waals surface area contributed by atoms with Gasteiger partial charge in [-0.05, 0) is 42.7 Å². The molecular formula is C13H19NO3S2. The summed E-state index contributed by atoms with van der Waals surface area (Å²) in [6.07, 6.45) is 4.38. The third kappa shape index (κ3) is 6.63. The second kappa shape index (κ2) is 8.98. The maximum atomic E-state index is 11.7. The number of rotatable bonds is 9. The van der Waals surface area contributed by atoms with Crippen molar-refractivity contribution >= 4 is 35.0 Å². The van der Waals surface area contributed by atoms with Crippen molar-refractivity contribution in [1.29, 1.82) is 0 Å². The van der Waals surface area contributed by atoms with Crippen molar-refractivity contribution in [2.75, 3.05) is 12.0 Å². The Hall–Kier alpha value is -1.01. The summed E-state index contributed by atoms with van der Waals surface area (Å²) in [6, 6.07) is 3.27. The van der Waals surface area contributed by atoms with Crippen LogP contribution in [-0.4, -0.2) is 35.0 Å². The fraction of sp³-hybridized carbons (Fsp3) is 0.538. The van der Waals surface area contributed by atoms with Crippen molar-refractivity contribution in [1.82, 2.24) is 5.32 Å². The van der Waals surface area contributed by atoms with Gasteiger partial charge in [0.25, 0.3) is 0 Å². The Balaban J connectivity index is 2.25. The summed E-state index contributed by atoms with van der Waals surface area (Å²) in [5, 5.41) is 13.6. The van der Waals surface area contributed by atoms with Crippen molar-refractivity contribution in [3.63, 3.8) is 0 Å². The van der Waals surface area contributed by atoms with Crippen LogP contribution in [-0.2, 0) is 16.0 Å². The van der Waals surface area contributed by atoms with Crippen LogP contribution >= 0.6 is 23.1 Å². The summed E-state index contributed by atoms with van der Waals surface area (Å²) < 4.78 is 0. The smallest absolute Gasteiger partial charge is 0.326 e. The quantitative estimate of drug-likeness (QED) is 0.735. The molecule has 1 atom stereocenters. The van der Waals surface area contributed by atoms with E-state index in [1.165, 1.54) is 4.88 Å². The number of carboxylic acid groups (broad SMARTS) is 1. The highest BCUT2D eigenvalue weighted by Crippen LogP contribution is 2.12. The van der Waals surface area contributed by atoms with E-state index in [-0.39, 0.29) is 5.91 Å². The summed E-state index contributed by atoms with van der Waals surface area (Å²) in [7, 11) is 0. The number of hydrogen-bond acceptors (Lipinski definition) is 4. The van der Waals surface area contributed by atoms with Crippen LogP contribution in [0.1, 0.15) is 24.1 Å². The molecule has 0 bridgehead atoms. The van der Waals surface area contributed by atoms with E-state index >= 15 is 0 Å². The second-order valence-corrected chi connectivity index (χ2v) is 6.19. The number of carbonyl (C=O) groups is 2. The standard InChI is InChI=1S/C13H19NO3S2/c1-18-9-7-11(13(16)17)14-12(15)6-2-4-10-5-3-8-19-10/h3,5,8,11H,2,4,6-7,9H2,1H3,(H,14,15)(H,16,17). The highest BCUT2D eigenvalue weighted by atomic mass is 32.2. The molecule has 0 aliphatic carbocycles. The fourth-order valence-electron chi connectivity index (χ4n) is 1.64. The van der Waals surface area contributed by atoms with E-state index in [1.807, 2.05) is 23.8 Å². The van der Waals surface area contributed by atoms with Gasteiger partial charge in [0.2, 0.25) is 5.91 Å². The topological polar surface area (TPSA) is 66.4 Å². The van der Waals surface area contributed by atoms with Gasteiger partial charge in [0.05, 0.1) is 0 Å². The second-order valence-electron chi connectivity index (χ2n) is 4.17. The van der Waals surface area contributed by atoms with E-state index in [4.69, 9.17) is 5.11 Å². The Morgan fingerprint density at radius 1 is 1.53 bits per heavy atom. The molecule has 19 heavy (non-hydrogen) atoms. The van der Waals surface area contributed by atoms with Gasteiger partial charge >= 0.3 is 5.97 Å². The molecule has 0 spiro atoms. The molecule has 0 saturated heterocycles. The zero-order valence-corrected chi connectivity index (χ0v) is 12.6. The number of thioether (sulfide) groups is 1. The zero-order valence-electron chi connectivity index (χ0n) is 10.9. The Morgan fingerprint density at radius 3 is 2.89 bits per heavy atom. The van der Waals surface area contributed by atoms with E-state index in [2.05, 4.69) is 5.32 Å². The molecule has 6 heteroatoms. The van der Waals surface area contributed by atoms with Gasteiger partial charge < -0.3 is 10.4 Å². The fourth-order valence-corrected chi connectivity index (χ4v) is 2.86. The van der Waals surface area contributed by atoms with Gasteiger partial charge in [-0.25, -0.2) is 4.79 Å². The lowest BCUT2D eigenvalue weighted by molar-refractivity contribution is -0.141. The van der Waals surface area contributed by atoms with Crippen molar-refractivity contribution < 1.29 is 14.7 Å². The molecule has 106 valence electrons. The van der Waals surface area contributed by atoms with Crippen molar-refractivity contribution in [2.45, 2.75) is 31.7 Å². The van der Waals surface area contributed by atoms with E-state index in [0.29, 0.717) is 12.8 Å². The molecule has 1 heterocycles. The molecule has 0 radical (unpaired) electrons. The number of carbonyl (C=O) groups excluding carboxylic acids is 1. The van der Waals surface area contributed by atoms with Crippen LogP contribution in [0.25, 0.3) is 0 Å². The minimum Gasteiger partial charge on any atom is -0.480 e. The zero-order chi connectivity index (χ0) is 14.1. The van der Waals surface area contributed by atoms with Crippen molar-refractivity contribution in [3.8, 4) is 0 Å². The molecule has 1 aromatic rings. The van der Waals surface area contributed by atoms with Gasteiger partial charge in [0.15, 0.2) is 0 Å². The summed E-state index contributed by atoms with van der Waals surface area (Å²) >= 11 is 3.25. The van der Waals surface area contributed by atoms with E-state index in [0.717, 1.165) is 18.6 Å². The van der Waals surface area contributed by atoms with Gasteiger partial charge in [0.1, 0.15) is 6.04 Å². The number of carboxylic acids is 1. The lowest BCUT2D eigenvalue weighted by Gasteiger charge is -2.13. The van der Waals surface area contributed by atoms with E-state index in [1.54, 1.807) is 23.1 Å². The number of hydrogen-bond donors (Lipinski definition) is 2. The first-order chi connectivity index (χ1) is 9.13. The summed E-state index contributed by atoms with van der Waals surface area (Å²) in [5.41, 5.74) is 0. The molecular weight excluding hydrogens is 282 g/mol. The molecule has 0 saturated carbocycles. The molecule has 0 fully saturated rings. The first kappa shape index (κ1) is 16.0. The van der Waals surface area contributed by atoms with Gasteiger partial charge in [-0.15, -0.1) is 11.3 Å². The molecule has 2 N–H and O–H groups in total. The Bertz CT molecular complexity index is 393. The average Bonchev–Trinajstić information content (AvgIpc) is 2.87. The lowest BCUT2D eigenvalue weighted by Crippen LogP contribution is -2.41. The predicted molar refractivity (Wildman–Crippen MR) is 79.8 cm³/mol. The first-order valence-corrected chi connectivity index (χ1v) is 8.44. The van der Waals surface area contributed by atoms with E-state index in [9.17, 15) is 9.59 Å². The van der Waals surface area contributed by atoms with Gasteiger partial charge in [-0.2, -0.15) is 11.8 Å². The number of thiophene rings is 1. The number of nitrogens with one attached hydrogen (secondary N) is 1. The monoisotopic (exact) mass is 301 g/mol. The van der Waals surface area contributed by atoms with Crippen LogP contribution in [0.3, 0.4) is 0 Å². The minimum atomic E-state index is -0.958. The van der Waals surface area contributed by atoms with Gasteiger partial charge in [-0.1, -0.05) is 6.07 Å². The van der Waals surface area contributed by atoms with Crippen molar-refractivity contribution in [2.24, 2.45) is 0 Å². The van der Waals surface area contributed by atoms with Gasteiger partial charge in [0, 0.05) is 11.3 Å². The van der Waals surface area contributed by atoms with Crippen LogP contribution < -0.4 is 5.32 Å². The SMILES string of the molecule is CSCCC(NC(=O)CCCc1cccs1)C(=O)O. The van der Waals surface area contributed by atoms with E-state index < -0.39 is 12.0 Å². The molecule has 1 unspecified atom stereocenters. The highest BCUT2D eigenvalue weighted by molar-refractivity contribution is 7.98. The summed E-state index contributed by atoms with van der Waals surface area (Å²) in [4.78, 5) is 23.9. The van der Waals surface area contributed by atoms with Crippen molar-refractivity contribution in [3.05, 3.63) is 22.4 Å². The van der Waals surface area contributed by atoms with Crippen LogP contribution in [0.2, 0.25) is 0 Å². The highest BCUT2D eigenvalue weighted by Gasteiger charge is 2.18. The van der Waals surface area contributed by atoms with Crippen LogP contribution in [0, 0.1) is 0 Å². The van der Waals surface area contributed by atoms with Crippen LogP contribution in [0.15, 0.2) is 17.5 Å². The maximum absolute atomic E-state index is 11.7. The largest absolute Gasteiger partial charge is 0.480 e. The summed E-state index contributed by atoms with van der Waals surface area (Å²) in [5.74, 6) is -0.405. The maximum Gasteiger partial charge on any atom is 0.326 e. The lowest BCUT2D eigenvalue weighted by atomic mass is 10.2. The Labute approximate surface area is 121 Å².